The number of methoxy groups -OCH3 is 1. The highest BCUT2D eigenvalue weighted by atomic mass is 32.2. The number of amides is 1. The van der Waals surface area contributed by atoms with E-state index in [4.69, 9.17) is 4.74 Å². The van der Waals surface area contributed by atoms with Gasteiger partial charge in [0.05, 0.1) is 34.1 Å². The fourth-order valence-electron chi connectivity index (χ4n) is 2.54. The van der Waals surface area contributed by atoms with Gasteiger partial charge in [-0.25, -0.2) is 9.97 Å². The monoisotopic (exact) mass is 384 g/mol. The van der Waals surface area contributed by atoms with Crippen LogP contribution in [-0.2, 0) is 4.79 Å². The molecule has 0 fully saturated rings. The van der Waals surface area contributed by atoms with Gasteiger partial charge >= 0.3 is 0 Å². The predicted molar refractivity (Wildman–Crippen MR) is 106 cm³/mol. The van der Waals surface area contributed by atoms with Crippen molar-refractivity contribution in [3.05, 3.63) is 42.0 Å². The van der Waals surface area contributed by atoms with E-state index in [2.05, 4.69) is 20.3 Å². The zero-order valence-electron chi connectivity index (χ0n) is 14.2. The minimum Gasteiger partial charge on any atom is -0.497 e. The number of nitrogens with zero attached hydrogens (tertiary/aromatic N) is 2. The SMILES string of the molecule is COc1ccc2nc(NC(=O)CSc3nc4cc(C)ccc4[nH]3)sc2c1. The van der Waals surface area contributed by atoms with Gasteiger partial charge < -0.3 is 15.0 Å². The number of anilines is 1. The summed E-state index contributed by atoms with van der Waals surface area (Å²) in [5.41, 5.74) is 3.88. The number of H-pyrrole nitrogens is 1. The second-order valence-electron chi connectivity index (χ2n) is 5.75. The van der Waals surface area contributed by atoms with E-state index in [1.807, 2.05) is 43.3 Å². The second kappa shape index (κ2) is 6.97. The minimum atomic E-state index is -0.113. The van der Waals surface area contributed by atoms with Crippen molar-refractivity contribution in [3.63, 3.8) is 0 Å². The lowest BCUT2D eigenvalue weighted by atomic mass is 10.2. The first-order valence-corrected chi connectivity index (χ1v) is 9.74. The van der Waals surface area contributed by atoms with Crippen LogP contribution in [-0.4, -0.2) is 33.7 Å². The smallest absolute Gasteiger partial charge is 0.236 e. The zero-order valence-corrected chi connectivity index (χ0v) is 15.8. The van der Waals surface area contributed by atoms with Crippen LogP contribution in [0.25, 0.3) is 21.3 Å². The first-order valence-electron chi connectivity index (χ1n) is 7.94. The van der Waals surface area contributed by atoms with Gasteiger partial charge in [0.2, 0.25) is 5.91 Å². The Hall–Kier alpha value is -2.58. The summed E-state index contributed by atoms with van der Waals surface area (Å²) >= 11 is 2.80. The molecule has 0 radical (unpaired) electrons. The molecule has 0 atom stereocenters. The van der Waals surface area contributed by atoms with Crippen LogP contribution >= 0.6 is 23.1 Å². The fourth-order valence-corrected chi connectivity index (χ4v) is 4.13. The molecule has 8 heteroatoms. The largest absolute Gasteiger partial charge is 0.497 e. The molecule has 6 nitrogen and oxygen atoms in total. The van der Waals surface area contributed by atoms with Gasteiger partial charge in [0.25, 0.3) is 0 Å². The van der Waals surface area contributed by atoms with E-state index in [-0.39, 0.29) is 11.7 Å². The normalized spacial score (nSPS) is 11.2. The lowest BCUT2D eigenvalue weighted by molar-refractivity contribution is -0.113. The van der Waals surface area contributed by atoms with E-state index in [0.717, 1.165) is 37.7 Å². The van der Waals surface area contributed by atoms with Crippen molar-refractivity contribution in [2.24, 2.45) is 0 Å². The number of carbonyl (C=O) groups is 1. The van der Waals surface area contributed by atoms with E-state index in [9.17, 15) is 4.79 Å². The molecule has 0 saturated carbocycles. The van der Waals surface area contributed by atoms with E-state index in [0.29, 0.717) is 5.13 Å². The zero-order chi connectivity index (χ0) is 18.1. The van der Waals surface area contributed by atoms with Gasteiger partial charge in [-0.05, 0) is 42.8 Å². The second-order valence-corrected chi connectivity index (χ2v) is 7.75. The first-order chi connectivity index (χ1) is 12.6. The highest BCUT2D eigenvalue weighted by Crippen LogP contribution is 2.29. The number of aromatic amines is 1. The van der Waals surface area contributed by atoms with Crippen molar-refractivity contribution < 1.29 is 9.53 Å². The molecule has 0 spiro atoms. The lowest BCUT2D eigenvalue weighted by Gasteiger charge is -1.99. The molecule has 0 aliphatic heterocycles. The summed E-state index contributed by atoms with van der Waals surface area (Å²) in [6, 6.07) is 11.7. The Morgan fingerprint density at radius 3 is 2.96 bits per heavy atom. The Kier molecular flexibility index (Phi) is 4.52. The molecule has 0 saturated heterocycles. The Bertz CT molecular complexity index is 1100. The molecular weight excluding hydrogens is 368 g/mol. The Balaban J connectivity index is 1.41. The third-order valence-electron chi connectivity index (χ3n) is 3.80. The van der Waals surface area contributed by atoms with Crippen molar-refractivity contribution in [1.82, 2.24) is 15.0 Å². The van der Waals surface area contributed by atoms with Crippen molar-refractivity contribution in [2.75, 3.05) is 18.2 Å². The molecule has 4 aromatic rings. The van der Waals surface area contributed by atoms with Crippen molar-refractivity contribution in [3.8, 4) is 5.75 Å². The third-order valence-corrected chi connectivity index (χ3v) is 5.61. The predicted octanol–water partition coefficient (Wildman–Crippen LogP) is 4.22. The van der Waals surface area contributed by atoms with Gasteiger partial charge in [-0.3, -0.25) is 4.79 Å². The van der Waals surface area contributed by atoms with E-state index in [1.54, 1.807) is 7.11 Å². The number of aromatic nitrogens is 3. The van der Waals surface area contributed by atoms with E-state index >= 15 is 0 Å². The van der Waals surface area contributed by atoms with E-state index < -0.39 is 0 Å². The number of nitrogens with one attached hydrogen (secondary N) is 2. The highest BCUT2D eigenvalue weighted by molar-refractivity contribution is 7.99. The van der Waals surface area contributed by atoms with Gasteiger partial charge in [-0.2, -0.15) is 0 Å². The molecular formula is C18H16N4O2S2. The molecule has 0 unspecified atom stereocenters. The van der Waals surface area contributed by atoms with Gasteiger partial charge in [-0.1, -0.05) is 29.2 Å². The Labute approximate surface area is 158 Å². The van der Waals surface area contributed by atoms with Crippen LogP contribution in [0, 0.1) is 6.92 Å². The summed E-state index contributed by atoms with van der Waals surface area (Å²) in [7, 11) is 1.63. The quantitative estimate of drug-likeness (QED) is 0.504. The number of imidazole rings is 1. The first kappa shape index (κ1) is 16.9. The Morgan fingerprint density at radius 1 is 1.23 bits per heavy atom. The van der Waals surface area contributed by atoms with Crippen LogP contribution in [0.5, 0.6) is 5.75 Å². The summed E-state index contributed by atoms with van der Waals surface area (Å²) in [5, 5.41) is 4.16. The molecule has 0 aliphatic rings. The van der Waals surface area contributed by atoms with Crippen molar-refractivity contribution in [2.45, 2.75) is 12.1 Å². The Morgan fingerprint density at radius 2 is 2.12 bits per heavy atom. The molecule has 2 aromatic heterocycles. The number of benzene rings is 2. The van der Waals surface area contributed by atoms with Gasteiger partial charge in [-0.15, -0.1) is 0 Å². The third kappa shape index (κ3) is 3.51. The summed E-state index contributed by atoms with van der Waals surface area (Å²) in [4.78, 5) is 24.4. The van der Waals surface area contributed by atoms with Crippen molar-refractivity contribution in [1.29, 1.82) is 0 Å². The maximum atomic E-state index is 12.2. The van der Waals surface area contributed by atoms with E-state index in [1.165, 1.54) is 23.1 Å². The molecule has 4 rings (SSSR count). The number of hydrogen-bond donors (Lipinski definition) is 2. The topological polar surface area (TPSA) is 79.9 Å². The van der Waals surface area contributed by atoms with Crippen LogP contribution < -0.4 is 10.1 Å². The fraction of sp³-hybridized carbons (Fsp3) is 0.167. The highest BCUT2D eigenvalue weighted by Gasteiger charge is 2.11. The summed E-state index contributed by atoms with van der Waals surface area (Å²) in [6.07, 6.45) is 0. The maximum absolute atomic E-state index is 12.2. The standard InChI is InChI=1S/C18H16N4O2S2/c1-10-3-5-12-14(7-10)21-17(19-12)25-9-16(23)22-18-20-13-6-4-11(24-2)8-15(13)26-18/h3-8H,9H2,1-2H3,(H,19,21)(H,20,22,23). The van der Waals surface area contributed by atoms with Gasteiger partial charge in [0.1, 0.15) is 5.75 Å². The maximum Gasteiger partial charge on any atom is 0.236 e. The van der Waals surface area contributed by atoms with Crippen LogP contribution in [0.1, 0.15) is 5.56 Å². The molecule has 26 heavy (non-hydrogen) atoms. The van der Waals surface area contributed by atoms with Crippen LogP contribution in [0.4, 0.5) is 5.13 Å². The number of fused-ring (bicyclic) bond motifs is 2. The summed E-state index contributed by atoms with van der Waals surface area (Å²) in [5.74, 6) is 0.922. The molecule has 2 heterocycles. The molecule has 132 valence electrons. The minimum absolute atomic E-state index is 0.113. The molecule has 1 amide bonds. The van der Waals surface area contributed by atoms with Crippen LogP contribution in [0.2, 0.25) is 0 Å². The number of hydrogen-bond acceptors (Lipinski definition) is 6. The van der Waals surface area contributed by atoms with Crippen molar-refractivity contribution >= 4 is 55.4 Å². The summed E-state index contributed by atoms with van der Waals surface area (Å²) < 4.78 is 6.18. The number of carbonyl (C=O) groups excluding carboxylic acids is 1. The molecule has 2 N–H and O–H groups in total. The summed E-state index contributed by atoms with van der Waals surface area (Å²) in [6.45, 7) is 2.03. The molecule has 0 aliphatic carbocycles. The van der Waals surface area contributed by atoms with Gasteiger partial charge in [0, 0.05) is 0 Å². The average Bonchev–Trinajstić information content (AvgIpc) is 3.21. The number of thiazole rings is 1. The number of aryl methyl sites for hydroxylation is 1. The van der Waals surface area contributed by atoms with Gasteiger partial charge in [0.15, 0.2) is 10.3 Å². The number of rotatable bonds is 5. The van der Waals surface area contributed by atoms with Crippen LogP contribution in [0.15, 0.2) is 41.6 Å². The number of ether oxygens (including phenoxy) is 1. The number of thioether (sulfide) groups is 1. The molecule has 0 bridgehead atoms. The molecule has 2 aromatic carbocycles. The van der Waals surface area contributed by atoms with Crippen LogP contribution in [0.3, 0.4) is 0 Å². The average molecular weight is 384 g/mol. The lowest BCUT2D eigenvalue weighted by Crippen LogP contribution is -2.13.